The Balaban J connectivity index is 2.10. The molecule has 0 amide bonds. The van der Waals surface area contributed by atoms with Crippen molar-refractivity contribution in [3.63, 3.8) is 0 Å². The van der Waals surface area contributed by atoms with Gasteiger partial charge in [0.2, 0.25) is 0 Å². The van der Waals surface area contributed by atoms with Crippen molar-refractivity contribution in [2.75, 3.05) is 0 Å². The van der Waals surface area contributed by atoms with E-state index >= 15 is 0 Å². The van der Waals surface area contributed by atoms with Crippen LogP contribution in [0, 0.1) is 0 Å². The Kier molecular flexibility index (Phi) is 4.58. The average molecular weight is 256 g/mol. The van der Waals surface area contributed by atoms with Crippen LogP contribution in [0.15, 0.2) is 54.6 Å². The first kappa shape index (κ1) is 13.6. The fourth-order valence-electron chi connectivity index (χ4n) is 2.10. The molecule has 0 saturated heterocycles. The highest BCUT2D eigenvalue weighted by molar-refractivity contribution is 5.33. The van der Waals surface area contributed by atoms with E-state index in [1.807, 2.05) is 55.5 Å². The lowest BCUT2D eigenvalue weighted by atomic mass is 10.1. The average Bonchev–Trinajstić information content (AvgIpc) is 2.48. The number of benzene rings is 2. The molecule has 2 rings (SSSR count). The molecule has 19 heavy (non-hydrogen) atoms. The second-order valence-electron chi connectivity index (χ2n) is 4.64. The first-order valence-corrected chi connectivity index (χ1v) is 6.70. The molecule has 0 radical (unpaired) electrons. The van der Waals surface area contributed by atoms with Crippen molar-refractivity contribution in [2.45, 2.75) is 32.5 Å². The van der Waals surface area contributed by atoms with E-state index in [2.05, 4.69) is 13.0 Å². The van der Waals surface area contributed by atoms with Crippen LogP contribution in [-0.4, -0.2) is 11.2 Å². The summed E-state index contributed by atoms with van der Waals surface area (Å²) in [4.78, 5) is 0. The van der Waals surface area contributed by atoms with Gasteiger partial charge in [-0.05, 0) is 30.5 Å². The van der Waals surface area contributed by atoms with Crippen LogP contribution in [0.25, 0.3) is 0 Å². The van der Waals surface area contributed by atoms with Crippen molar-refractivity contribution >= 4 is 0 Å². The number of hydrogen-bond donors (Lipinski definition) is 1. The number of hydrogen-bond acceptors (Lipinski definition) is 2. The zero-order valence-corrected chi connectivity index (χ0v) is 11.4. The van der Waals surface area contributed by atoms with Gasteiger partial charge in [-0.1, -0.05) is 55.5 Å². The van der Waals surface area contributed by atoms with Gasteiger partial charge in [0.25, 0.3) is 0 Å². The third kappa shape index (κ3) is 3.36. The molecule has 0 bridgehead atoms. The van der Waals surface area contributed by atoms with Gasteiger partial charge in [-0.2, -0.15) is 0 Å². The Labute approximate surface area is 114 Å². The molecule has 0 spiro atoms. The van der Waals surface area contributed by atoms with Gasteiger partial charge in [-0.25, -0.2) is 0 Å². The maximum atomic E-state index is 10.3. The molecule has 100 valence electrons. The summed E-state index contributed by atoms with van der Waals surface area (Å²) in [5.74, 6) is 0.854. The number of aliphatic hydroxyl groups excluding tert-OH is 1. The smallest absolute Gasteiger partial charge is 0.126 e. The number of aliphatic hydroxyl groups is 1. The monoisotopic (exact) mass is 256 g/mol. The van der Waals surface area contributed by atoms with Crippen LogP contribution in [0.2, 0.25) is 0 Å². The highest BCUT2D eigenvalue weighted by Gasteiger charge is 2.18. The van der Waals surface area contributed by atoms with Crippen molar-refractivity contribution in [2.24, 2.45) is 0 Å². The standard InChI is InChI=1S/C17H20O2/c1-3-14-9-7-8-12-16(14)19-13(2)17(18)15-10-5-4-6-11-15/h4-13,17-18H,3H2,1-2H3. The van der Waals surface area contributed by atoms with Crippen LogP contribution >= 0.6 is 0 Å². The van der Waals surface area contributed by atoms with Gasteiger partial charge in [0, 0.05) is 0 Å². The van der Waals surface area contributed by atoms with Crippen molar-refractivity contribution in [1.82, 2.24) is 0 Å². The lowest BCUT2D eigenvalue weighted by molar-refractivity contribution is 0.0462. The van der Waals surface area contributed by atoms with Crippen LogP contribution in [0.4, 0.5) is 0 Å². The summed E-state index contributed by atoms with van der Waals surface area (Å²) in [5, 5.41) is 10.3. The largest absolute Gasteiger partial charge is 0.487 e. The van der Waals surface area contributed by atoms with Crippen molar-refractivity contribution in [3.8, 4) is 5.75 Å². The van der Waals surface area contributed by atoms with Crippen LogP contribution in [0.1, 0.15) is 31.1 Å². The van der Waals surface area contributed by atoms with E-state index < -0.39 is 6.10 Å². The minimum atomic E-state index is -0.619. The number of para-hydroxylation sites is 1. The zero-order chi connectivity index (χ0) is 13.7. The molecule has 0 aromatic heterocycles. The maximum Gasteiger partial charge on any atom is 0.126 e. The Hall–Kier alpha value is -1.80. The lowest BCUT2D eigenvalue weighted by Gasteiger charge is -2.22. The number of aryl methyl sites for hydroxylation is 1. The van der Waals surface area contributed by atoms with Crippen molar-refractivity contribution in [1.29, 1.82) is 0 Å². The predicted molar refractivity (Wildman–Crippen MR) is 77.3 cm³/mol. The molecule has 0 heterocycles. The van der Waals surface area contributed by atoms with E-state index in [1.54, 1.807) is 0 Å². The number of ether oxygens (including phenoxy) is 1. The third-order valence-corrected chi connectivity index (χ3v) is 3.25. The van der Waals surface area contributed by atoms with Gasteiger partial charge in [-0.15, -0.1) is 0 Å². The van der Waals surface area contributed by atoms with Crippen molar-refractivity contribution < 1.29 is 9.84 Å². The Morgan fingerprint density at radius 2 is 1.63 bits per heavy atom. The predicted octanol–water partition coefficient (Wildman–Crippen LogP) is 3.75. The molecule has 2 heteroatoms. The van der Waals surface area contributed by atoms with E-state index in [0.29, 0.717) is 0 Å². The normalized spacial score (nSPS) is 13.8. The van der Waals surface area contributed by atoms with Crippen LogP contribution in [0.5, 0.6) is 5.75 Å². The molecule has 2 aromatic rings. The summed E-state index contributed by atoms with van der Waals surface area (Å²) in [6.07, 6.45) is 0.0193. The topological polar surface area (TPSA) is 29.5 Å². The molecule has 2 unspecified atom stereocenters. The van der Waals surface area contributed by atoms with Crippen molar-refractivity contribution in [3.05, 3.63) is 65.7 Å². The van der Waals surface area contributed by atoms with Gasteiger partial charge in [0.05, 0.1) is 0 Å². The van der Waals surface area contributed by atoms with Crippen LogP contribution < -0.4 is 4.74 Å². The summed E-state index contributed by atoms with van der Waals surface area (Å²) in [6.45, 7) is 3.99. The molecule has 2 atom stereocenters. The van der Waals surface area contributed by atoms with Gasteiger partial charge in [0.15, 0.2) is 0 Å². The first-order valence-electron chi connectivity index (χ1n) is 6.70. The Morgan fingerprint density at radius 1 is 1.00 bits per heavy atom. The van der Waals surface area contributed by atoms with E-state index in [9.17, 15) is 5.11 Å². The summed E-state index contributed by atoms with van der Waals surface area (Å²) < 4.78 is 5.90. The molecule has 0 fully saturated rings. The van der Waals surface area contributed by atoms with E-state index in [-0.39, 0.29) is 6.10 Å². The van der Waals surface area contributed by atoms with Crippen LogP contribution in [-0.2, 0) is 6.42 Å². The van der Waals surface area contributed by atoms with Gasteiger partial charge in [-0.3, -0.25) is 0 Å². The summed E-state index contributed by atoms with van der Waals surface area (Å²) in [7, 11) is 0. The lowest BCUT2D eigenvalue weighted by Crippen LogP contribution is -2.22. The van der Waals surface area contributed by atoms with Gasteiger partial charge in [0.1, 0.15) is 18.0 Å². The molecule has 0 aliphatic carbocycles. The summed E-state index contributed by atoms with van der Waals surface area (Å²) in [6, 6.07) is 17.6. The molecule has 0 aliphatic heterocycles. The second-order valence-corrected chi connectivity index (χ2v) is 4.64. The van der Waals surface area contributed by atoms with E-state index in [0.717, 1.165) is 23.3 Å². The fraction of sp³-hybridized carbons (Fsp3) is 0.294. The van der Waals surface area contributed by atoms with Gasteiger partial charge >= 0.3 is 0 Å². The molecule has 1 N–H and O–H groups in total. The SMILES string of the molecule is CCc1ccccc1OC(C)C(O)c1ccccc1. The minimum absolute atomic E-state index is 0.282. The number of rotatable bonds is 5. The molecule has 2 aromatic carbocycles. The Morgan fingerprint density at radius 3 is 2.32 bits per heavy atom. The third-order valence-electron chi connectivity index (χ3n) is 3.25. The van der Waals surface area contributed by atoms with Crippen LogP contribution in [0.3, 0.4) is 0 Å². The van der Waals surface area contributed by atoms with E-state index in [4.69, 9.17) is 4.74 Å². The first-order chi connectivity index (χ1) is 9.22. The second kappa shape index (κ2) is 6.39. The quantitative estimate of drug-likeness (QED) is 0.882. The molecule has 0 saturated carbocycles. The maximum absolute atomic E-state index is 10.3. The summed E-state index contributed by atoms with van der Waals surface area (Å²) >= 11 is 0. The molecular formula is C17H20O2. The minimum Gasteiger partial charge on any atom is -0.487 e. The highest BCUT2D eigenvalue weighted by atomic mass is 16.5. The fourth-order valence-corrected chi connectivity index (χ4v) is 2.10. The molecule has 0 aliphatic rings. The Bertz CT molecular complexity index is 508. The van der Waals surface area contributed by atoms with Gasteiger partial charge < -0.3 is 9.84 Å². The summed E-state index contributed by atoms with van der Waals surface area (Å²) in [5.41, 5.74) is 2.04. The zero-order valence-electron chi connectivity index (χ0n) is 11.4. The highest BCUT2D eigenvalue weighted by Crippen LogP contribution is 2.24. The molecule has 2 nitrogen and oxygen atoms in total. The molecular weight excluding hydrogens is 236 g/mol. The van der Waals surface area contributed by atoms with E-state index in [1.165, 1.54) is 0 Å².